The van der Waals surface area contributed by atoms with Crippen LogP contribution in [0.25, 0.3) is 0 Å². The second-order valence-electron chi connectivity index (χ2n) is 2.64. The smallest absolute Gasteiger partial charge is 0.318 e. The van der Waals surface area contributed by atoms with Crippen LogP contribution in [0, 0.1) is 0 Å². The minimum Gasteiger partial charge on any atom is -0.480 e. The van der Waals surface area contributed by atoms with Gasteiger partial charge in [0.25, 0.3) is 0 Å². The highest BCUT2D eigenvalue weighted by Gasteiger charge is 2.16. The molecule has 0 aliphatic carbocycles. The molecule has 5 heteroatoms. The van der Waals surface area contributed by atoms with E-state index < -0.39 is 11.2 Å². The lowest BCUT2D eigenvalue weighted by Crippen LogP contribution is -2.25. The molecule has 3 N–H and O–H groups in total. The predicted octanol–water partition coefficient (Wildman–Crippen LogP) is 1.84. The summed E-state index contributed by atoms with van der Waals surface area (Å²) in [6.45, 7) is 0.104. The molecule has 0 aliphatic rings. The Kier molecular flexibility index (Phi) is 4.25. The normalized spacial score (nSPS) is 12.4. The first-order valence-corrected chi connectivity index (χ1v) is 5.24. The van der Waals surface area contributed by atoms with Crippen molar-refractivity contribution in [3.8, 4) is 0 Å². The molecule has 0 radical (unpaired) electrons. The molecule has 0 bridgehead atoms. The lowest BCUT2D eigenvalue weighted by molar-refractivity contribution is -0.136. The fourth-order valence-corrected chi connectivity index (χ4v) is 2.04. The Labute approximate surface area is 91.2 Å². The van der Waals surface area contributed by atoms with Gasteiger partial charge >= 0.3 is 5.97 Å². The van der Waals surface area contributed by atoms with E-state index in [2.05, 4.69) is 0 Å². The molecule has 1 atom stereocenters. The van der Waals surface area contributed by atoms with E-state index in [0.717, 1.165) is 4.90 Å². The highest BCUT2D eigenvalue weighted by Crippen LogP contribution is 2.25. The second-order valence-corrected chi connectivity index (χ2v) is 4.35. The molecule has 1 unspecified atom stereocenters. The van der Waals surface area contributed by atoms with Crippen molar-refractivity contribution in [2.75, 3.05) is 6.54 Å². The van der Waals surface area contributed by atoms with E-state index in [0.29, 0.717) is 5.02 Å². The minimum atomic E-state index is -0.905. The number of rotatable bonds is 4. The first-order valence-electron chi connectivity index (χ1n) is 3.98. The summed E-state index contributed by atoms with van der Waals surface area (Å²) in [5.41, 5.74) is 5.32. The molecular formula is C9H10ClNO2S. The molecule has 1 aromatic rings. The molecule has 76 valence electrons. The summed E-state index contributed by atoms with van der Waals surface area (Å²) < 4.78 is 0. The molecule has 0 saturated heterocycles. The average Bonchev–Trinajstić information content (AvgIpc) is 2.14. The van der Waals surface area contributed by atoms with Crippen molar-refractivity contribution in [3.05, 3.63) is 29.3 Å². The number of carboxylic acid groups (broad SMARTS) is 1. The van der Waals surface area contributed by atoms with Crippen LogP contribution in [0.1, 0.15) is 0 Å². The molecule has 0 spiro atoms. The van der Waals surface area contributed by atoms with Crippen molar-refractivity contribution < 1.29 is 9.90 Å². The van der Waals surface area contributed by atoms with Crippen molar-refractivity contribution in [2.24, 2.45) is 5.73 Å². The monoisotopic (exact) mass is 231 g/mol. The number of benzene rings is 1. The average molecular weight is 232 g/mol. The summed E-state index contributed by atoms with van der Waals surface area (Å²) in [6, 6.07) is 7.05. The third-order valence-electron chi connectivity index (χ3n) is 1.56. The summed E-state index contributed by atoms with van der Waals surface area (Å²) in [7, 11) is 0. The van der Waals surface area contributed by atoms with Crippen molar-refractivity contribution in [1.29, 1.82) is 0 Å². The maximum atomic E-state index is 10.7. The minimum absolute atomic E-state index is 0.104. The molecule has 3 nitrogen and oxygen atoms in total. The van der Waals surface area contributed by atoms with Crippen LogP contribution in [0.3, 0.4) is 0 Å². The molecule has 0 saturated carbocycles. The van der Waals surface area contributed by atoms with Crippen molar-refractivity contribution in [1.82, 2.24) is 0 Å². The number of carboxylic acids is 1. The van der Waals surface area contributed by atoms with Crippen LogP contribution < -0.4 is 5.73 Å². The summed E-state index contributed by atoms with van der Waals surface area (Å²) >= 11 is 6.96. The van der Waals surface area contributed by atoms with Crippen LogP contribution in [0.15, 0.2) is 29.2 Å². The van der Waals surface area contributed by atoms with Crippen molar-refractivity contribution in [2.45, 2.75) is 10.1 Å². The molecule has 0 aromatic heterocycles. The van der Waals surface area contributed by atoms with E-state index in [-0.39, 0.29) is 6.54 Å². The Hall–Kier alpha value is -0.710. The quantitative estimate of drug-likeness (QED) is 0.777. The molecule has 0 aliphatic heterocycles. The Morgan fingerprint density at radius 1 is 1.64 bits per heavy atom. The zero-order valence-corrected chi connectivity index (χ0v) is 8.89. The SMILES string of the molecule is NCC(Sc1cccc(Cl)c1)C(=O)O. The van der Waals surface area contributed by atoms with Gasteiger partial charge in [0.1, 0.15) is 5.25 Å². The topological polar surface area (TPSA) is 63.3 Å². The molecule has 0 heterocycles. The van der Waals surface area contributed by atoms with Gasteiger partial charge in [-0.3, -0.25) is 4.79 Å². The number of hydrogen-bond acceptors (Lipinski definition) is 3. The van der Waals surface area contributed by atoms with Gasteiger partial charge in [-0.05, 0) is 18.2 Å². The third kappa shape index (κ3) is 3.21. The van der Waals surface area contributed by atoms with E-state index in [1.807, 2.05) is 6.07 Å². The highest BCUT2D eigenvalue weighted by atomic mass is 35.5. The standard InChI is InChI=1S/C9H10ClNO2S/c10-6-2-1-3-7(4-6)14-8(5-11)9(12)13/h1-4,8H,5,11H2,(H,12,13). The number of aliphatic carboxylic acids is 1. The van der Waals surface area contributed by atoms with Gasteiger partial charge in [-0.25, -0.2) is 0 Å². The van der Waals surface area contributed by atoms with Gasteiger partial charge in [0, 0.05) is 16.5 Å². The first-order chi connectivity index (χ1) is 6.63. The van der Waals surface area contributed by atoms with Gasteiger partial charge in [-0.1, -0.05) is 17.7 Å². The van der Waals surface area contributed by atoms with Crippen LogP contribution in [-0.4, -0.2) is 22.9 Å². The molecule has 0 fully saturated rings. The van der Waals surface area contributed by atoms with E-state index in [9.17, 15) is 4.79 Å². The van der Waals surface area contributed by atoms with Crippen molar-refractivity contribution >= 4 is 29.3 Å². The first kappa shape index (κ1) is 11.4. The second kappa shape index (κ2) is 5.24. The Morgan fingerprint density at radius 3 is 2.86 bits per heavy atom. The van der Waals surface area contributed by atoms with Crippen LogP contribution in [0.2, 0.25) is 5.02 Å². The number of halogens is 1. The Balaban J connectivity index is 2.72. The maximum Gasteiger partial charge on any atom is 0.318 e. The molecule has 0 amide bonds. The van der Waals surface area contributed by atoms with E-state index in [1.165, 1.54) is 11.8 Å². The van der Waals surface area contributed by atoms with Gasteiger partial charge in [0.2, 0.25) is 0 Å². The third-order valence-corrected chi connectivity index (χ3v) is 3.00. The van der Waals surface area contributed by atoms with Gasteiger partial charge < -0.3 is 10.8 Å². The number of nitrogens with two attached hydrogens (primary N) is 1. The summed E-state index contributed by atoms with van der Waals surface area (Å²) in [5, 5.41) is 8.75. The highest BCUT2D eigenvalue weighted by molar-refractivity contribution is 8.00. The predicted molar refractivity (Wildman–Crippen MR) is 57.8 cm³/mol. The van der Waals surface area contributed by atoms with Crippen molar-refractivity contribution in [3.63, 3.8) is 0 Å². The Bertz CT molecular complexity index is 332. The summed E-state index contributed by atoms with van der Waals surface area (Å²) in [4.78, 5) is 11.5. The zero-order valence-electron chi connectivity index (χ0n) is 7.31. The molecule has 1 aromatic carbocycles. The van der Waals surface area contributed by atoms with E-state index in [4.69, 9.17) is 22.4 Å². The van der Waals surface area contributed by atoms with E-state index in [1.54, 1.807) is 18.2 Å². The van der Waals surface area contributed by atoms with Crippen LogP contribution in [0.4, 0.5) is 0 Å². The zero-order chi connectivity index (χ0) is 10.6. The molecule has 1 rings (SSSR count). The fourth-order valence-electron chi connectivity index (χ4n) is 0.904. The fraction of sp³-hybridized carbons (Fsp3) is 0.222. The maximum absolute atomic E-state index is 10.7. The molecular weight excluding hydrogens is 222 g/mol. The summed E-state index contributed by atoms with van der Waals surface area (Å²) in [6.07, 6.45) is 0. The molecule has 14 heavy (non-hydrogen) atoms. The van der Waals surface area contributed by atoms with E-state index >= 15 is 0 Å². The van der Waals surface area contributed by atoms with Crippen LogP contribution in [-0.2, 0) is 4.79 Å². The van der Waals surface area contributed by atoms with Gasteiger partial charge in [0.15, 0.2) is 0 Å². The number of thioether (sulfide) groups is 1. The number of carbonyl (C=O) groups is 1. The lowest BCUT2D eigenvalue weighted by atomic mass is 10.4. The Morgan fingerprint density at radius 2 is 2.36 bits per heavy atom. The lowest BCUT2D eigenvalue weighted by Gasteiger charge is -2.08. The van der Waals surface area contributed by atoms with Gasteiger partial charge in [-0.2, -0.15) is 0 Å². The summed E-state index contributed by atoms with van der Waals surface area (Å²) in [5.74, 6) is -0.905. The van der Waals surface area contributed by atoms with Gasteiger partial charge in [-0.15, -0.1) is 11.8 Å². The van der Waals surface area contributed by atoms with Crippen LogP contribution in [0.5, 0.6) is 0 Å². The number of hydrogen-bond donors (Lipinski definition) is 2. The largest absolute Gasteiger partial charge is 0.480 e. The van der Waals surface area contributed by atoms with Gasteiger partial charge in [0.05, 0.1) is 0 Å². The van der Waals surface area contributed by atoms with Crippen LogP contribution >= 0.6 is 23.4 Å².